The fourth-order valence-electron chi connectivity index (χ4n) is 1.21. The van der Waals surface area contributed by atoms with E-state index in [0.29, 0.717) is 5.92 Å². The average Bonchev–Trinajstić information content (AvgIpc) is 1.98. The zero-order valence-corrected chi connectivity index (χ0v) is 6.91. The minimum Gasteiger partial charge on any atom is -0.251 e. The van der Waals surface area contributed by atoms with Gasteiger partial charge in [0.15, 0.2) is 0 Å². The minimum absolute atomic E-state index is 0.159. The van der Waals surface area contributed by atoms with E-state index in [9.17, 15) is 4.39 Å². The maximum atomic E-state index is 11.7. The predicted octanol–water partition coefficient (Wildman–Crippen LogP) is 3.38. The Kier molecular flexibility index (Phi) is 6.99. The minimum atomic E-state index is -0.159. The van der Waals surface area contributed by atoms with Crippen molar-refractivity contribution in [1.82, 2.24) is 0 Å². The molecule has 0 rings (SSSR count). The van der Waals surface area contributed by atoms with E-state index >= 15 is 0 Å². The van der Waals surface area contributed by atoms with Gasteiger partial charge in [0.05, 0.1) is 6.67 Å². The van der Waals surface area contributed by atoms with Crippen LogP contribution in [0.4, 0.5) is 4.39 Å². The Morgan fingerprint density at radius 1 is 1.40 bits per heavy atom. The molecule has 0 heterocycles. The van der Waals surface area contributed by atoms with E-state index in [1.54, 1.807) is 0 Å². The van der Waals surface area contributed by atoms with Crippen LogP contribution in [0.3, 0.4) is 0 Å². The molecule has 1 unspecified atom stereocenters. The second-order valence-corrected chi connectivity index (χ2v) is 2.75. The summed E-state index contributed by atoms with van der Waals surface area (Å²) in [6.07, 6.45) is 5.11. The zero-order valence-electron chi connectivity index (χ0n) is 6.91. The van der Waals surface area contributed by atoms with Crippen LogP contribution in [-0.2, 0) is 0 Å². The standard InChI is InChI=1S/C9H18F/c1-3-6-9(4-2)7-5-8-10/h9H,1,3-8H2,2H3. The van der Waals surface area contributed by atoms with Crippen molar-refractivity contribution in [3.8, 4) is 0 Å². The van der Waals surface area contributed by atoms with Crippen LogP contribution in [0.2, 0.25) is 0 Å². The van der Waals surface area contributed by atoms with Crippen LogP contribution < -0.4 is 0 Å². The molecule has 0 aliphatic carbocycles. The normalized spacial score (nSPS) is 13.5. The lowest BCUT2D eigenvalue weighted by Crippen LogP contribution is -1.98. The van der Waals surface area contributed by atoms with Gasteiger partial charge in [-0.3, -0.25) is 4.39 Å². The summed E-state index contributed by atoms with van der Waals surface area (Å²) in [6, 6.07) is 0. The molecule has 0 N–H and O–H groups in total. The third-order valence-corrected chi connectivity index (χ3v) is 1.94. The second-order valence-electron chi connectivity index (χ2n) is 2.75. The van der Waals surface area contributed by atoms with Crippen LogP contribution >= 0.6 is 0 Å². The van der Waals surface area contributed by atoms with Crippen molar-refractivity contribution < 1.29 is 4.39 Å². The quantitative estimate of drug-likeness (QED) is 0.537. The SMILES string of the molecule is [CH2]CCC(CC)CCCF. The van der Waals surface area contributed by atoms with Crippen molar-refractivity contribution in [1.29, 1.82) is 0 Å². The maximum absolute atomic E-state index is 11.7. The molecule has 0 spiro atoms. The van der Waals surface area contributed by atoms with E-state index in [-0.39, 0.29) is 6.67 Å². The Balaban J connectivity index is 3.21. The molecule has 0 amide bonds. The maximum Gasteiger partial charge on any atom is 0.0894 e. The van der Waals surface area contributed by atoms with Crippen LogP contribution in [0.15, 0.2) is 0 Å². The van der Waals surface area contributed by atoms with Gasteiger partial charge in [0, 0.05) is 0 Å². The molecule has 0 nitrogen and oxygen atoms in total. The summed E-state index contributed by atoms with van der Waals surface area (Å²) >= 11 is 0. The Labute approximate surface area is 63.8 Å². The van der Waals surface area contributed by atoms with Crippen LogP contribution in [0.5, 0.6) is 0 Å². The zero-order chi connectivity index (χ0) is 7.82. The molecule has 0 saturated heterocycles. The molecule has 0 aromatic rings. The van der Waals surface area contributed by atoms with E-state index in [1.807, 2.05) is 0 Å². The molecule has 0 aliphatic rings. The van der Waals surface area contributed by atoms with Gasteiger partial charge >= 0.3 is 0 Å². The first kappa shape index (κ1) is 9.93. The lowest BCUT2D eigenvalue weighted by atomic mass is 9.96. The van der Waals surface area contributed by atoms with Crippen LogP contribution in [0, 0.1) is 12.8 Å². The van der Waals surface area contributed by atoms with Crippen molar-refractivity contribution in [3.63, 3.8) is 0 Å². The average molecular weight is 145 g/mol. The van der Waals surface area contributed by atoms with Crippen LogP contribution in [0.25, 0.3) is 0 Å². The molecular weight excluding hydrogens is 127 g/mol. The Morgan fingerprint density at radius 3 is 2.50 bits per heavy atom. The van der Waals surface area contributed by atoms with Crippen LogP contribution in [0.1, 0.15) is 39.0 Å². The first-order valence-electron chi connectivity index (χ1n) is 4.20. The van der Waals surface area contributed by atoms with Crippen molar-refractivity contribution in [2.45, 2.75) is 39.0 Å². The molecule has 10 heavy (non-hydrogen) atoms. The molecule has 0 fully saturated rings. The largest absolute Gasteiger partial charge is 0.251 e. The fourth-order valence-corrected chi connectivity index (χ4v) is 1.21. The molecule has 0 aromatic carbocycles. The van der Waals surface area contributed by atoms with Crippen molar-refractivity contribution in [3.05, 3.63) is 6.92 Å². The van der Waals surface area contributed by atoms with Gasteiger partial charge in [0.1, 0.15) is 0 Å². The number of halogens is 1. The predicted molar refractivity (Wildman–Crippen MR) is 43.6 cm³/mol. The first-order valence-corrected chi connectivity index (χ1v) is 4.20. The Morgan fingerprint density at radius 2 is 2.10 bits per heavy atom. The molecule has 0 aliphatic heterocycles. The van der Waals surface area contributed by atoms with E-state index in [1.165, 1.54) is 6.42 Å². The van der Waals surface area contributed by atoms with Gasteiger partial charge in [-0.1, -0.05) is 33.1 Å². The van der Waals surface area contributed by atoms with Gasteiger partial charge in [-0.2, -0.15) is 0 Å². The summed E-state index contributed by atoms with van der Waals surface area (Å²) in [6.45, 7) is 5.79. The summed E-state index contributed by atoms with van der Waals surface area (Å²) < 4.78 is 11.7. The summed E-state index contributed by atoms with van der Waals surface area (Å²) in [5, 5.41) is 0. The van der Waals surface area contributed by atoms with E-state index < -0.39 is 0 Å². The first-order chi connectivity index (χ1) is 4.85. The van der Waals surface area contributed by atoms with Gasteiger partial charge in [0.25, 0.3) is 0 Å². The topological polar surface area (TPSA) is 0 Å². The summed E-state index contributed by atoms with van der Waals surface area (Å²) in [5.74, 6) is 0.716. The highest BCUT2D eigenvalue weighted by Crippen LogP contribution is 2.16. The molecular formula is C9H18F. The number of hydrogen-bond donors (Lipinski definition) is 0. The summed E-state index contributed by atoms with van der Waals surface area (Å²) in [7, 11) is 0. The molecule has 0 bridgehead atoms. The molecule has 1 heteroatoms. The van der Waals surface area contributed by atoms with Crippen molar-refractivity contribution >= 4 is 0 Å². The fraction of sp³-hybridized carbons (Fsp3) is 0.889. The van der Waals surface area contributed by atoms with Gasteiger partial charge in [-0.05, 0) is 18.8 Å². The van der Waals surface area contributed by atoms with Gasteiger partial charge < -0.3 is 0 Å². The lowest BCUT2D eigenvalue weighted by Gasteiger charge is -2.11. The highest BCUT2D eigenvalue weighted by molar-refractivity contribution is 4.57. The summed E-state index contributed by atoms with van der Waals surface area (Å²) in [5.41, 5.74) is 0. The Hall–Kier alpha value is -0.0700. The Bertz CT molecular complexity index is 61.7. The monoisotopic (exact) mass is 145 g/mol. The lowest BCUT2D eigenvalue weighted by molar-refractivity contribution is 0.380. The molecule has 0 saturated carbocycles. The second kappa shape index (κ2) is 7.04. The molecule has 1 atom stereocenters. The number of rotatable bonds is 6. The third-order valence-electron chi connectivity index (χ3n) is 1.94. The van der Waals surface area contributed by atoms with E-state index in [4.69, 9.17) is 0 Å². The molecule has 1 radical (unpaired) electrons. The highest BCUT2D eigenvalue weighted by Gasteiger charge is 2.03. The van der Waals surface area contributed by atoms with E-state index in [0.717, 1.165) is 25.7 Å². The van der Waals surface area contributed by atoms with Crippen molar-refractivity contribution in [2.75, 3.05) is 6.67 Å². The number of alkyl halides is 1. The van der Waals surface area contributed by atoms with Crippen LogP contribution in [-0.4, -0.2) is 6.67 Å². The highest BCUT2D eigenvalue weighted by atomic mass is 19.1. The smallest absolute Gasteiger partial charge is 0.0894 e. The molecule has 61 valence electrons. The van der Waals surface area contributed by atoms with E-state index in [2.05, 4.69) is 13.8 Å². The number of hydrogen-bond acceptors (Lipinski definition) is 0. The molecule has 0 aromatic heterocycles. The van der Waals surface area contributed by atoms with Gasteiger partial charge in [-0.25, -0.2) is 0 Å². The van der Waals surface area contributed by atoms with Crippen molar-refractivity contribution in [2.24, 2.45) is 5.92 Å². The third kappa shape index (κ3) is 4.78. The van der Waals surface area contributed by atoms with Gasteiger partial charge in [0.2, 0.25) is 0 Å². The van der Waals surface area contributed by atoms with Gasteiger partial charge in [-0.15, -0.1) is 0 Å². The summed E-state index contributed by atoms with van der Waals surface area (Å²) in [4.78, 5) is 0.